The highest BCUT2D eigenvalue weighted by Crippen LogP contribution is 2.51. The van der Waals surface area contributed by atoms with Crippen LogP contribution in [0.15, 0.2) is 30.3 Å². The van der Waals surface area contributed by atoms with Gasteiger partial charge in [0.2, 0.25) is 5.88 Å². The molecule has 0 amide bonds. The highest BCUT2D eigenvalue weighted by atomic mass is 35.5. The number of hydrogen-bond donors (Lipinski definition) is 2. The van der Waals surface area contributed by atoms with Gasteiger partial charge in [0.25, 0.3) is 0 Å². The van der Waals surface area contributed by atoms with E-state index in [0.29, 0.717) is 53.5 Å². The number of benzene rings is 2. The van der Waals surface area contributed by atoms with Crippen molar-refractivity contribution in [2.24, 2.45) is 11.3 Å². The number of aromatic hydroxyl groups is 1. The number of hydrogen-bond acceptors (Lipinski definition) is 11. The van der Waals surface area contributed by atoms with E-state index < -0.39 is 11.4 Å². The van der Waals surface area contributed by atoms with Crippen LogP contribution in [-0.4, -0.2) is 94.3 Å². The number of aromatic nitrogens is 3. The predicted octanol–water partition coefficient (Wildman–Crippen LogP) is 6.25. The number of piperidine rings is 1. The topological polar surface area (TPSA) is 137 Å². The van der Waals surface area contributed by atoms with Crippen molar-refractivity contribution >= 4 is 39.1 Å². The summed E-state index contributed by atoms with van der Waals surface area (Å²) in [6, 6.07) is 11.5. The number of β-amino-alcohol motifs (C(OH)–C–C–N with tert-alkyl or cyclic N) is 1. The standard InChI is InChI=1S/C38H42ClFN6O5/c1-37(48)19-45(12-13-50-20-37)34-30-33(31(40)32(42-35(30)49-2)26-17-25(47)16-23-6-3-7-27(39)29(23)26)43-36(44-34)51-21-38-9-4-8-28(38)46(11-5-10-38)24-14-22(15-24)18-41/h3,6-7,16-17,22,24,28,47-48H,4-5,8-15,19-21H2,1-2H3/t22?,24?,28-,37+,38-/m1/s1. The molecule has 2 aliphatic heterocycles. The van der Waals surface area contributed by atoms with Crippen molar-refractivity contribution in [3.63, 3.8) is 0 Å². The number of phenolic OH excluding ortho intramolecular Hbond substituents is 1. The van der Waals surface area contributed by atoms with Crippen LogP contribution < -0.4 is 14.4 Å². The molecule has 11 nitrogen and oxygen atoms in total. The molecule has 268 valence electrons. The molecule has 2 aliphatic carbocycles. The lowest BCUT2D eigenvalue weighted by atomic mass is 9.72. The Kier molecular flexibility index (Phi) is 8.82. The van der Waals surface area contributed by atoms with Crippen LogP contribution in [0.1, 0.15) is 51.9 Å². The molecule has 8 rings (SSSR count). The molecule has 4 aromatic rings. The molecule has 0 radical (unpaired) electrons. The first-order valence-corrected chi connectivity index (χ1v) is 18.2. The Hall–Kier alpha value is -4.02. The van der Waals surface area contributed by atoms with E-state index >= 15 is 4.39 Å². The lowest BCUT2D eigenvalue weighted by molar-refractivity contribution is -0.0472. The largest absolute Gasteiger partial charge is 0.508 e. The summed E-state index contributed by atoms with van der Waals surface area (Å²) in [6.45, 7) is 4.06. The van der Waals surface area contributed by atoms with Crippen molar-refractivity contribution in [2.45, 2.75) is 69.6 Å². The van der Waals surface area contributed by atoms with E-state index in [-0.39, 0.29) is 64.3 Å². The van der Waals surface area contributed by atoms with E-state index in [1.807, 2.05) is 4.90 Å². The molecular weight excluding hydrogens is 675 g/mol. The number of nitrogens with zero attached hydrogens (tertiary/aromatic N) is 6. The zero-order chi connectivity index (χ0) is 35.5. The van der Waals surface area contributed by atoms with E-state index in [1.54, 1.807) is 31.2 Å². The second kappa shape index (κ2) is 13.2. The maximum Gasteiger partial charge on any atom is 0.319 e. The monoisotopic (exact) mass is 716 g/mol. The van der Waals surface area contributed by atoms with E-state index in [4.69, 9.17) is 35.8 Å². The summed E-state index contributed by atoms with van der Waals surface area (Å²) in [5.74, 6) is -0.293. The first-order valence-electron chi connectivity index (χ1n) is 17.8. The third kappa shape index (κ3) is 6.08. The van der Waals surface area contributed by atoms with Gasteiger partial charge in [-0.15, -0.1) is 0 Å². The minimum absolute atomic E-state index is 0.0181. The van der Waals surface area contributed by atoms with Crippen LogP contribution in [0.3, 0.4) is 0 Å². The van der Waals surface area contributed by atoms with Crippen LogP contribution in [0, 0.1) is 28.5 Å². The SMILES string of the molecule is COc1nc(-c2cc(O)cc3cccc(Cl)c23)c(F)c2nc(OC[C@]34CCC[C@H]3N(C3CC(C#N)C3)CCC4)nc(N3CCOC[C@@](C)(O)C3)c12. The number of fused-ring (bicyclic) bond motifs is 3. The first-order chi connectivity index (χ1) is 24.6. The van der Waals surface area contributed by atoms with Crippen molar-refractivity contribution in [1.82, 2.24) is 19.9 Å². The van der Waals surface area contributed by atoms with Gasteiger partial charge in [0.15, 0.2) is 5.82 Å². The van der Waals surface area contributed by atoms with Gasteiger partial charge in [-0.3, -0.25) is 4.90 Å². The third-order valence-corrected chi connectivity index (χ3v) is 11.7. The molecule has 0 unspecified atom stereocenters. The van der Waals surface area contributed by atoms with Crippen LogP contribution in [-0.2, 0) is 4.74 Å². The Labute approximate surface area is 300 Å². The van der Waals surface area contributed by atoms with Crippen LogP contribution in [0.25, 0.3) is 32.9 Å². The fraction of sp³-hybridized carbons (Fsp3) is 0.526. The lowest BCUT2D eigenvalue weighted by Crippen LogP contribution is -2.58. The quantitative estimate of drug-likeness (QED) is 0.224. The minimum atomic E-state index is -1.21. The Balaban J connectivity index is 1.24. The van der Waals surface area contributed by atoms with Crippen molar-refractivity contribution in [3.05, 3.63) is 41.2 Å². The number of rotatable bonds is 7. The van der Waals surface area contributed by atoms with Crippen LogP contribution >= 0.6 is 11.6 Å². The molecule has 13 heteroatoms. The number of ether oxygens (including phenoxy) is 3. The summed E-state index contributed by atoms with van der Waals surface area (Å²) < 4.78 is 35.3. The molecule has 2 saturated heterocycles. The number of aliphatic hydroxyl groups is 1. The van der Waals surface area contributed by atoms with Gasteiger partial charge >= 0.3 is 6.01 Å². The number of pyridine rings is 1. The summed E-state index contributed by atoms with van der Waals surface area (Å²) in [5, 5.41) is 33.0. The van der Waals surface area contributed by atoms with Crippen molar-refractivity contribution in [1.29, 1.82) is 5.26 Å². The fourth-order valence-electron chi connectivity index (χ4n) is 9.01. The fourth-order valence-corrected chi connectivity index (χ4v) is 9.29. The zero-order valence-corrected chi connectivity index (χ0v) is 29.6. The maximum absolute atomic E-state index is 17.2. The summed E-state index contributed by atoms with van der Waals surface area (Å²) >= 11 is 6.65. The van der Waals surface area contributed by atoms with E-state index in [1.165, 1.54) is 13.2 Å². The molecule has 4 aliphatic rings. The first kappa shape index (κ1) is 34.1. The number of nitriles is 1. The van der Waals surface area contributed by atoms with Crippen LogP contribution in [0.5, 0.6) is 17.6 Å². The molecule has 2 aromatic carbocycles. The van der Waals surface area contributed by atoms with Crippen LogP contribution in [0.4, 0.5) is 10.2 Å². The zero-order valence-electron chi connectivity index (χ0n) is 28.9. The smallest absolute Gasteiger partial charge is 0.319 e. The molecule has 4 heterocycles. The van der Waals surface area contributed by atoms with Gasteiger partial charge in [-0.25, -0.2) is 9.37 Å². The highest BCUT2D eigenvalue weighted by molar-refractivity contribution is 6.36. The van der Waals surface area contributed by atoms with E-state index in [2.05, 4.69) is 16.0 Å². The van der Waals surface area contributed by atoms with Crippen molar-refractivity contribution in [2.75, 3.05) is 51.5 Å². The molecule has 2 saturated carbocycles. The van der Waals surface area contributed by atoms with Gasteiger partial charge < -0.3 is 29.3 Å². The molecule has 51 heavy (non-hydrogen) atoms. The molecule has 4 fully saturated rings. The average Bonchev–Trinajstić information content (AvgIpc) is 3.44. The number of anilines is 1. The van der Waals surface area contributed by atoms with Crippen molar-refractivity contribution < 1.29 is 28.8 Å². The summed E-state index contributed by atoms with van der Waals surface area (Å²) in [5.41, 5.74) is -1.19. The normalized spacial score (nSPS) is 28.2. The van der Waals surface area contributed by atoms with Gasteiger partial charge in [0, 0.05) is 45.9 Å². The van der Waals surface area contributed by atoms with E-state index in [9.17, 15) is 15.5 Å². The Bertz CT molecular complexity index is 2040. The predicted molar refractivity (Wildman–Crippen MR) is 191 cm³/mol. The summed E-state index contributed by atoms with van der Waals surface area (Å²) in [6.07, 6.45) is 7.07. The Morgan fingerprint density at radius 1 is 1.14 bits per heavy atom. The van der Waals surface area contributed by atoms with Crippen LogP contribution in [0.2, 0.25) is 5.02 Å². The second-order valence-electron chi connectivity index (χ2n) is 15.0. The Morgan fingerprint density at radius 3 is 2.76 bits per heavy atom. The van der Waals surface area contributed by atoms with Crippen molar-refractivity contribution in [3.8, 4) is 35.0 Å². The van der Waals surface area contributed by atoms with Gasteiger partial charge in [-0.1, -0.05) is 30.2 Å². The van der Waals surface area contributed by atoms with Gasteiger partial charge in [0.05, 0.1) is 39.5 Å². The number of methoxy groups -OCH3 is 1. The number of likely N-dealkylation sites (tertiary alicyclic amines) is 1. The van der Waals surface area contributed by atoms with Gasteiger partial charge in [-0.05, 0) is 75.6 Å². The number of halogens is 2. The number of phenols is 1. The molecular formula is C38H42ClFN6O5. The highest BCUT2D eigenvalue weighted by Gasteiger charge is 2.51. The second-order valence-corrected chi connectivity index (χ2v) is 15.4. The summed E-state index contributed by atoms with van der Waals surface area (Å²) in [7, 11) is 1.45. The molecule has 0 bridgehead atoms. The average molecular weight is 717 g/mol. The summed E-state index contributed by atoms with van der Waals surface area (Å²) in [4.78, 5) is 18.7. The molecule has 2 N–H and O–H groups in total. The molecule has 3 atom stereocenters. The Morgan fingerprint density at radius 2 is 1.96 bits per heavy atom. The third-order valence-electron chi connectivity index (χ3n) is 11.4. The molecule has 0 spiro atoms. The van der Waals surface area contributed by atoms with Gasteiger partial charge in [-0.2, -0.15) is 15.2 Å². The minimum Gasteiger partial charge on any atom is -0.508 e. The molecule has 2 aromatic heterocycles. The maximum atomic E-state index is 17.2. The van der Waals surface area contributed by atoms with E-state index in [0.717, 1.165) is 51.5 Å². The lowest BCUT2D eigenvalue weighted by Gasteiger charge is -2.52. The van der Waals surface area contributed by atoms with Gasteiger partial charge in [0.1, 0.15) is 33.8 Å².